The first kappa shape index (κ1) is 14.5. The van der Waals surface area contributed by atoms with Crippen molar-refractivity contribution in [2.45, 2.75) is 4.90 Å². The highest BCUT2D eigenvalue weighted by Gasteiger charge is 2.19. The van der Waals surface area contributed by atoms with Gasteiger partial charge in [-0.25, -0.2) is 0 Å². The molecule has 0 saturated heterocycles. The van der Waals surface area contributed by atoms with Crippen LogP contribution in [-0.2, 0) is 0 Å². The molecule has 2 nitrogen and oxygen atoms in total. The third-order valence-corrected chi connectivity index (χ3v) is 4.60. The Hall–Kier alpha value is -1.42. The first-order valence-electron chi connectivity index (χ1n) is 6.25. The highest BCUT2D eigenvalue weighted by atomic mass is 35.5. The van der Waals surface area contributed by atoms with Gasteiger partial charge in [0.15, 0.2) is 5.78 Å². The largest absolute Gasteiger partial charge is 0.360 e. The van der Waals surface area contributed by atoms with Gasteiger partial charge in [-0.05, 0) is 30.5 Å². The van der Waals surface area contributed by atoms with Crippen LogP contribution in [0, 0.1) is 0 Å². The fourth-order valence-corrected chi connectivity index (χ4v) is 3.53. The molecule has 1 N–H and O–H groups in total. The lowest BCUT2D eigenvalue weighted by Crippen LogP contribution is -2.02. The molecule has 0 atom stereocenters. The lowest BCUT2D eigenvalue weighted by atomic mass is 10.0. The molecule has 3 aromatic rings. The number of hydrogen-bond donors (Lipinski definition) is 1. The molecule has 0 aliphatic heterocycles. The Bertz CT molecular complexity index is 841. The number of thioether (sulfide) groups is 1. The summed E-state index contributed by atoms with van der Waals surface area (Å²) in [6, 6.07) is 11.0. The van der Waals surface area contributed by atoms with Gasteiger partial charge in [0, 0.05) is 38.1 Å². The van der Waals surface area contributed by atoms with E-state index in [4.69, 9.17) is 23.2 Å². The van der Waals surface area contributed by atoms with Crippen LogP contribution in [0.3, 0.4) is 0 Å². The van der Waals surface area contributed by atoms with Gasteiger partial charge in [0.2, 0.25) is 0 Å². The van der Waals surface area contributed by atoms with Gasteiger partial charge >= 0.3 is 0 Å². The molecular weight excluding hydrogens is 325 g/mol. The fraction of sp³-hybridized carbons (Fsp3) is 0.0625. The van der Waals surface area contributed by atoms with Gasteiger partial charge in [-0.2, -0.15) is 0 Å². The number of aromatic amines is 1. The van der Waals surface area contributed by atoms with Crippen molar-refractivity contribution in [3.8, 4) is 0 Å². The van der Waals surface area contributed by atoms with Crippen molar-refractivity contribution in [3.63, 3.8) is 0 Å². The number of nitrogens with one attached hydrogen (secondary N) is 1. The van der Waals surface area contributed by atoms with Crippen LogP contribution in [0.15, 0.2) is 47.5 Å². The molecule has 0 saturated carbocycles. The maximum atomic E-state index is 12.8. The summed E-state index contributed by atoms with van der Waals surface area (Å²) in [5.74, 6) is -0.0459. The second kappa shape index (κ2) is 5.76. The second-order valence-corrected chi connectivity index (χ2v) is 6.23. The Balaban J connectivity index is 2.19. The average Bonchev–Trinajstić information content (AvgIpc) is 2.90. The molecule has 1 heterocycles. The van der Waals surface area contributed by atoms with E-state index >= 15 is 0 Å². The summed E-state index contributed by atoms with van der Waals surface area (Å²) in [5.41, 5.74) is 2.00. The van der Waals surface area contributed by atoms with Crippen LogP contribution in [0.4, 0.5) is 0 Å². The molecule has 0 amide bonds. The smallest absolute Gasteiger partial charge is 0.196 e. The number of hydrogen-bond acceptors (Lipinski definition) is 2. The van der Waals surface area contributed by atoms with E-state index in [1.54, 1.807) is 30.1 Å². The molecular formula is C16H11Cl2NOS. The molecule has 106 valence electrons. The summed E-state index contributed by atoms with van der Waals surface area (Å²) in [6.45, 7) is 0. The molecule has 0 spiro atoms. The van der Waals surface area contributed by atoms with Crippen LogP contribution in [0.2, 0.25) is 10.0 Å². The number of H-pyrrole nitrogens is 1. The van der Waals surface area contributed by atoms with Crippen molar-refractivity contribution in [3.05, 3.63) is 63.8 Å². The van der Waals surface area contributed by atoms with Crippen LogP contribution < -0.4 is 0 Å². The molecule has 21 heavy (non-hydrogen) atoms. The summed E-state index contributed by atoms with van der Waals surface area (Å²) in [5, 5.41) is 1.73. The summed E-state index contributed by atoms with van der Waals surface area (Å²) in [6.07, 6.45) is 3.64. The third kappa shape index (κ3) is 2.57. The van der Waals surface area contributed by atoms with Crippen molar-refractivity contribution in [2.24, 2.45) is 0 Å². The minimum atomic E-state index is -0.0459. The molecule has 0 fully saturated rings. The van der Waals surface area contributed by atoms with Crippen LogP contribution >= 0.6 is 35.0 Å². The van der Waals surface area contributed by atoms with E-state index in [1.165, 1.54) is 0 Å². The SMILES string of the molecule is CSc1ccccc1C(=O)c1c[nH]c2cc(Cl)cc(Cl)c12. The van der Waals surface area contributed by atoms with Crippen LogP contribution in [-0.4, -0.2) is 17.0 Å². The lowest BCUT2D eigenvalue weighted by molar-refractivity contribution is 0.103. The quantitative estimate of drug-likeness (QED) is 0.511. The molecule has 1 aromatic heterocycles. The summed E-state index contributed by atoms with van der Waals surface area (Å²) in [4.78, 5) is 16.8. The zero-order valence-electron chi connectivity index (χ0n) is 11.1. The highest BCUT2D eigenvalue weighted by molar-refractivity contribution is 7.98. The number of carbonyl (C=O) groups excluding carboxylic acids is 1. The average molecular weight is 336 g/mol. The summed E-state index contributed by atoms with van der Waals surface area (Å²) in [7, 11) is 0. The van der Waals surface area contributed by atoms with Gasteiger partial charge in [0.05, 0.1) is 5.02 Å². The molecule has 0 aliphatic rings. The minimum absolute atomic E-state index is 0.0459. The van der Waals surface area contributed by atoms with E-state index < -0.39 is 0 Å². The number of ketones is 1. The van der Waals surface area contributed by atoms with Crippen LogP contribution in [0.1, 0.15) is 15.9 Å². The normalized spacial score (nSPS) is 11.0. The molecule has 0 bridgehead atoms. The van der Waals surface area contributed by atoms with E-state index in [9.17, 15) is 4.79 Å². The third-order valence-electron chi connectivity index (χ3n) is 3.29. The zero-order valence-corrected chi connectivity index (χ0v) is 13.4. The molecule has 2 aromatic carbocycles. The molecule has 0 aliphatic carbocycles. The highest BCUT2D eigenvalue weighted by Crippen LogP contribution is 2.32. The Kier molecular flexibility index (Phi) is 3.98. The Labute approximate surface area is 136 Å². The summed E-state index contributed by atoms with van der Waals surface area (Å²) < 4.78 is 0. The van der Waals surface area contributed by atoms with Crippen molar-refractivity contribution < 1.29 is 4.79 Å². The monoisotopic (exact) mass is 335 g/mol. The lowest BCUT2D eigenvalue weighted by Gasteiger charge is -2.06. The number of aromatic nitrogens is 1. The van der Waals surface area contributed by atoms with Crippen molar-refractivity contribution >= 4 is 51.6 Å². The van der Waals surface area contributed by atoms with E-state index in [0.717, 1.165) is 10.4 Å². The maximum absolute atomic E-state index is 12.8. The van der Waals surface area contributed by atoms with Crippen LogP contribution in [0.25, 0.3) is 10.9 Å². The van der Waals surface area contributed by atoms with E-state index in [1.807, 2.05) is 30.5 Å². The van der Waals surface area contributed by atoms with Crippen molar-refractivity contribution in [1.82, 2.24) is 4.98 Å². The fourth-order valence-electron chi connectivity index (χ4n) is 2.34. The maximum Gasteiger partial charge on any atom is 0.196 e. The Morgan fingerprint density at radius 2 is 1.90 bits per heavy atom. The van der Waals surface area contributed by atoms with Gasteiger partial charge < -0.3 is 4.98 Å². The number of benzene rings is 2. The number of carbonyl (C=O) groups is 1. The number of halogens is 2. The van der Waals surface area contributed by atoms with Gasteiger partial charge in [0.1, 0.15) is 0 Å². The van der Waals surface area contributed by atoms with E-state index in [-0.39, 0.29) is 5.78 Å². The predicted molar refractivity (Wildman–Crippen MR) is 90.0 cm³/mol. The molecule has 5 heteroatoms. The van der Waals surface area contributed by atoms with Crippen molar-refractivity contribution in [1.29, 1.82) is 0 Å². The molecule has 0 unspecified atom stereocenters. The van der Waals surface area contributed by atoms with E-state index in [0.29, 0.717) is 26.6 Å². The number of rotatable bonds is 3. The number of fused-ring (bicyclic) bond motifs is 1. The molecule has 3 rings (SSSR count). The van der Waals surface area contributed by atoms with Gasteiger partial charge in [0.25, 0.3) is 0 Å². The topological polar surface area (TPSA) is 32.9 Å². The minimum Gasteiger partial charge on any atom is -0.360 e. The first-order chi connectivity index (χ1) is 10.1. The van der Waals surface area contributed by atoms with Crippen LogP contribution in [0.5, 0.6) is 0 Å². The van der Waals surface area contributed by atoms with E-state index in [2.05, 4.69) is 4.98 Å². The summed E-state index contributed by atoms with van der Waals surface area (Å²) >= 11 is 13.8. The Morgan fingerprint density at radius 3 is 2.67 bits per heavy atom. The standard InChI is InChI=1S/C16H11Cl2NOS/c1-21-14-5-3-2-4-10(14)16(20)11-8-19-13-7-9(17)6-12(18)15(11)13/h2-8,19H,1H3. The zero-order chi connectivity index (χ0) is 15.0. The second-order valence-electron chi connectivity index (χ2n) is 4.54. The van der Waals surface area contributed by atoms with Crippen molar-refractivity contribution in [2.75, 3.05) is 6.26 Å². The first-order valence-corrected chi connectivity index (χ1v) is 8.23. The van der Waals surface area contributed by atoms with Gasteiger partial charge in [-0.3, -0.25) is 4.79 Å². The Morgan fingerprint density at radius 1 is 1.14 bits per heavy atom. The predicted octanol–water partition coefficient (Wildman–Crippen LogP) is 5.43. The molecule has 0 radical (unpaired) electrons. The van der Waals surface area contributed by atoms with Gasteiger partial charge in [-0.1, -0.05) is 35.3 Å². The van der Waals surface area contributed by atoms with Gasteiger partial charge in [-0.15, -0.1) is 11.8 Å².